The van der Waals surface area contributed by atoms with Crippen molar-refractivity contribution in [1.29, 1.82) is 0 Å². The van der Waals surface area contributed by atoms with Crippen LogP contribution in [0.3, 0.4) is 0 Å². The zero-order valence-corrected chi connectivity index (χ0v) is 20.6. The Morgan fingerprint density at radius 3 is 2.27 bits per heavy atom. The molecule has 33 heavy (non-hydrogen) atoms. The first-order chi connectivity index (χ1) is 15.7. The van der Waals surface area contributed by atoms with Crippen molar-refractivity contribution >= 4 is 46.5 Å². The van der Waals surface area contributed by atoms with Gasteiger partial charge in [-0.3, -0.25) is 14.2 Å². The Balaban J connectivity index is 1.43. The number of hydrogen-bond donors (Lipinski definition) is 1. The first kappa shape index (κ1) is 23.4. The lowest BCUT2D eigenvalue weighted by atomic mass is 10.1. The van der Waals surface area contributed by atoms with Crippen LogP contribution >= 0.6 is 34.8 Å². The van der Waals surface area contributed by atoms with E-state index in [-0.39, 0.29) is 5.91 Å². The van der Waals surface area contributed by atoms with E-state index in [0.29, 0.717) is 39.5 Å². The van der Waals surface area contributed by atoms with E-state index in [0.717, 1.165) is 28.2 Å². The van der Waals surface area contributed by atoms with Gasteiger partial charge >= 0.3 is 0 Å². The predicted molar refractivity (Wildman–Crippen MR) is 133 cm³/mol. The number of aryl methyl sites for hydroxylation is 2. The molecule has 2 aromatic carbocycles. The topological polar surface area (TPSA) is 64.7 Å². The van der Waals surface area contributed by atoms with Crippen molar-refractivity contribution in [3.8, 4) is 0 Å². The molecule has 0 radical (unpaired) electrons. The highest BCUT2D eigenvalue weighted by atomic mass is 35.5. The van der Waals surface area contributed by atoms with Gasteiger partial charge in [-0.05, 0) is 56.2 Å². The molecule has 0 spiro atoms. The third-order valence-corrected chi connectivity index (χ3v) is 6.53. The number of carbonyl (C=O) groups is 1. The molecule has 0 aliphatic heterocycles. The SMILES string of the molecule is Cc1nn(Cc2ccc(C(=O)Nc3cc(C)n(Cc4ccc(Cl)cc4Cl)n3)cc2)c(C)c1Cl. The minimum atomic E-state index is -0.232. The molecule has 0 aliphatic rings. The van der Waals surface area contributed by atoms with Gasteiger partial charge in [-0.2, -0.15) is 10.2 Å². The van der Waals surface area contributed by atoms with Crippen LogP contribution in [-0.4, -0.2) is 25.5 Å². The van der Waals surface area contributed by atoms with Crippen LogP contribution in [0.15, 0.2) is 48.5 Å². The van der Waals surface area contributed by atoms with Gasteiger partial charge in [0.2, 0.25) is 0 Å². The van der Waals surface area contributed by atoms with Gasteiger partial charge in [-0.1, -0.05) is 53.0 Å². The monoisotopic (exact) mass is 501 g/mol. The Bertz CT molecular complexity index is 1320. The molecule has 1 N–H and O–H groups in total. The predicted octanol–water partition coefficient (Wildman–Crippen LogP) is 6.31. The largest absolute Gasteiger partial charge is 0.305 e. The van der Waals surface area contributed by atoms with Crippen LogP contribution in [0.4, 0.5) is 5.82 Å². The summed E-state index contributed by atoms with van der Waals surface area (Å²) in [5, 5.41) is 13.6. The first-order valence-corrected chi connectivity index (χ1v) is 11.4. The fourth-order valence-electron chi connectivity index (χ4n) is 3.49. The second kappa shape index (κ2) is 9.59. The Hall–Kier alpha value is -2.80. The molecule has 1 amide bonds. The van der Waals surface area contributed by atoms with Crippen LogP contribution in [-0.2, 0) is 13.1 Å². The number of aromatic nitrogens is 4. The van der Waals surface area contributed by atoms with E-state index in [1.807, 2.05) is 49.7 Å². The van der Waals surface area contributed by atoms with Crippen LogP contribution < -0.4 is 5.32 Å². The molecule has 0 saturated heterocycles. The maximum atomic E-state index is 12.7. The van der Waals surface area contributed by atoms with Gasteiger partial charge in [0.1, 0.15) is 0 Å². The minimum absolute atomic E-state index is 0.232. The third-order valence-electron chi connectivity index (χ3n) is 5.40. The van der Waals surface area contributed by atoms with E-state index in [1.54, 1.807) is 28.9 Å². The quantitative estimate of drug-likeness (QED) is 0.336. The highest BCUT2D eigenvalue weighted by Gasteiger charge is 2.13. The normalized spacial score (nSPS) is 11.1. The van der Waals surface area contributed by atoms with Crippen molar-refractivity contribution in [2.75, 3.05) is 5.32 Å². The van der Waals surface area contributed by atoms with Crippen molar-refractivity contribution in [1.82, 2.24) is 19.6 Å². The summed E-state index contributed by atoms with van der Waals surface area (Å²) in [7, 11) is 0. The summed E-state index contributed by atoms with van der Waals surface area (Å²) >= 11 is 18.5. The number of amides is 1. The molecule has 0 unspecified atom stereocenters. The molecule has 0 saturated carbocycles. The van der Waals surface area contributed by atoms with E-state index in [9.17, 15) is 4.79 Å². The third kappa shape index (κ3) is 5.24. The number of rotatable bonds is 6. The molecule has 9 heteroatoms. The van der Waals surface area contributed by atoms with Crippen LogP contribution in [0.25, 0.3) is 0 Å². The smallest absolute Gasteiger partial charge is 0.256 e. The average molecular weight is 503 g/mol. The average Bonchev–Trinajstić information content (AvgIpc) is 3.23. The number of nitrogens with zero attached hydrogens (tertiary/aromatic N) is 4. The molecule has 0 atom stereocenters. The van der Waals surface area contributed by atoms with Gasteiger partial charge < -0.3 is 5.32 Å². The Morgan fingerprint density at radius 2 is 1.64 bits per heavy atom. The van der Waals surface area contributed by atoms with Gasteiger partial charge in [-0.15, -0.1) is 0 Å². The van der Waals surface area contributed by atoms with Crippen molar-refractivity contribution in [2.24, 2.45) is 0 Å². The molecule has 4 rings (SSSR count). The summed E-state index contributed by atoms with van der Waals surface area (Å²) in [6.07, 6.45) is 0. The zero-order valence-electron chi connectivity index (χ0n) is 18.4. The van der Waals surface area contributed by atoms with Crippen LogP contribution in [0.1, 0.15) is 38.6 Å². The Labute approximate surface area is 207 Å². The summed E-state index contributed by atoms with van der Waals surface area (Å²) in [6, 6.07) is 14.6. The number of anilines is 1. The summed E-state index contributed by atoms with van der Waals surface area (Å²) in [4.78, 5) is 12.7. The molecular formula is C24H22Cl3N5O. The summed E-state index contributed by atoms with van der Waals surface area (Å²) < 4.78 is 3.64. The standard InChI is InChI=1S/C24H22Cl3N5O/c1-14-10-22(30-31(14)13-19-8-9-20(25)11-21(19)26)28-24(33)18-6-4-17(5-7-18)12-32-16(3)23(27)15(2)29-32/h4-11H,12-13H2,1-3H3,(H,28,30,33). The minimum Gasteiger partial charge on any atom is -0.305 e. The number of hydrogen-bond acceptors (Lipinski definition) is 3. The molecule has 2 aromatic heterocycles. The van der Waals surface area contributed by atoms with Gasteiger partial charge in [0.15, 0.2) is 5.82 Å². The van der Waals surface area contributed by atoms with Crippen LogP contribution in [0, 0.1) is 20.8 Å². The second-order valence-electron chi connectivity index (χ2n) is 7.86. The molecule has 0 bridgehead atoms. The highest BCUT2D eigenvalue weighted by Crippen LogP contribution is 2.23. The van der Waals surface area contributed by atoms with Crippen LogP contribution in [0.5, 0.6) is 0 Å². The van der Waals surface area contributed by atoms with Crippen molar-refractivity contribution in [3.05, 3.63) is 97.4 Å². The fourth-order valence-corrected chi connectivity index (χ4v) is 4.10. The fraction of sp³-hybridized carbons (Fsp3) is 0.208. The van der Waals surface area contributed by atoms with Crippen LogP contribution in [0.2, 0.25) is 15.1 Å². The highest BCUT2D eigenvalue weighted by molar-refractivity contribution is 6.35. The molecule has 6 nitrogen and oxygen atoms in total. The second-order valence-corrected chi connectivity index (χ2v) is 9.08. The molecule has 170 valence electrons. The lowest BCUT2D eigenvalue weighted by Crippen LogP contribution is -2.13. The maximum Gasteiger partial charge on any atom is 0.256 e. The summed E-state index contributed by atoms with van der Waals surface area (Å²) in [5.74, 6) is 0.244. The number of benzene rings is 2. The van der Waals surface area contributed by atoms with E-state index < -0.39 is 0 Å². The lowest BCUT2D eigenvalue weighted by molar-refractivity contribution is 0.102. The maximum absolute atomic E-state index is 12.7. The van der Waals surface area contributed by atoms with E-state index in [1.165, 1.54) is 0 Å². The first-order valence-electron chi connectivity index (χ1n) is 10.3. The van der Waals surface area contributed by atoms with Gasteiger partial charge in [0, 0.05) is 27.4 Å². The Morgan fingerprint density at radius 1 is 0.909 bits per heavy atom. The van der Waals surface area contributed by atoms with Gasteiger partial charge in [0.25, 0.3) is 5.91 Å². The number of halogens is 3. The van der Waals surface area contributed by atoms with E-state index >= 15 is 0 Å². The summed E-state index contributed by atoms with van der Waals surface area (Å²) in [5.41, 5.74) is 5.08. The zero-order chi connectivity index (χ0) is 23.7. The Kier molecular flexibility index (Phi) is 6.79. The van der Waals surface area contributed by atoms with E-state index in [2.05, 4.69) is 15.5 Å². The molecule has 4 aromatic rings. The van der Waals surface area contributed by atoms with E-state index in [4.69, 9.17) is 34.8 Å². The van der Waals surface area contributed by atoms with Gasteiger partial charge in [-0.25, -0.2) is 0 Å². The molecule has 2 heterocycles. The molecule has 0 aliphatic carbocycles. The van der Waals surface area contributed by atoms with Crippen molar-refractivity contribution in [2.45, 2.75) is 33.9 Å². The number of nitrogens with one attached hydrogen (secondary N) is 1. The number of carbonyl (C=O) groups excluding carboxylic acids is 1. The van der Waals surface area contributed by atoms with Crippen molar-refractivity contribution < 1.29 is 4.79 Å². The molecule has 0 fully saturated rings. The lowest BCUT2D eigenvalue weighted by Gasteiger charge is -2.07. The van der Waals surface area contributed by atoms with Crippen molar-refractivity contribution in [3.63, 3.8) is 0 Å². The molecular weight excluding hydrogens is 481 g/mol. The van der Waals surface area contributed by atoms with Gasteiger partial charge in [0.05, 0.1) is 29.5 Å². The summed E-state index contributed by atoms with van der Waals surface area (Å²) in [6.45, 7) is 6.80.